The van der Waals surface area contributed by atoms with Gasteiger partial charge in [0.05, 0.1) is 12.2 Å². The lowest BCUT2D eigenvalue weighted by molar-refractivity contribution is 0.635. The van der Waals surface area contributed by atoms with Gasteiger partial charge in [-0.15, -0.1) is 10.2 Å². The molecular weight excluding hydrogens is 206 g/mol. The predicted octanol–water partition coefficient (Wildman–Crippen LogP) is -0.654. The molecule has 16 heavy (non-hydrogen) atoms. The monoisotopic (exact) mass is 221 g/mol. The first-order valence-corrected chi connectivity index (χ1v) is 5.22. The van der Waals surface area contributed by atoms with E-state index in [-0.39, 0.29) is 0 Å². The van der Waals surface area contributed by atoms with Crippen molar-refractivity contribution in [1.29, 1.82) is 0 Å². The van der Waals surface area contributed by atoms with Crippen LogP contribution in [0.4, 0.5) is 0 Å². The van der Waals surface area contributed by atoms with Crippen LogP contribution in [0.15, 0.2) is 12.4 Å². The van der Waals surface area contributed by atoms with Crippen molar-refractivity contribution in [3.8, 4) is 0 Å². The summed E-state index contributed by atoms with van der Waals surface area (Å²) in [6.07, 6.45) is 5.59. The Labute approximate surface area is 93.2 Å². The molecule has 0 bridgehead atoms. The average molecular weight is 221 g/mol. The smallest absolute Gasteiger partial charge is 0.104 e. The van der Waals surface area contributed by atoms with Crippen molar-refractivity contribution in [3.63, 3.8) is 0 Å². The molecule has 2 heterocycles. The Morgan fingerprint density at radius 2 is 2.00 bits per heavy atom. The van der Waals surface area contributed by atoms with Crippen LogP contribution in [0.2, 0.25) is 0 Å². The number of aryl methyl sites for hydroxylation is 2. The minimum atomic E-state index is 0.601. The number of rotatable bonds is 5. The van der Waals surface area contributed by atoms with Crippen LogP contribution in [0.25, 0.3) is 0 Å². The topological polar surface area (TPSA) is 87.4 Å². The molecule has 0 amide bonds. The fraction of sp³-hybridized carbons (Fsp3) is 0.556. The highest BCUT2D eigenvalue weighted by molar-refractivity contribution is 4.97. The Morgan fingerprint density at radius 1 is 1.19 bits per heavy atom. The van der Waals surface area contributed by atoms with E-state index in [1.165, 1.54) is 0 Å². The molecule has 0 aliphatic heterocycles. The van der Waals surface area contributed by atoms with Gasteiger partial charge in [-0.3, -0.25) is 4.68 Å². The van der Waals surface area contributed by atoms with Gasteiger partial charge in [-0.05, 0) is 19.4 Å². The van der Waals surface area contributed by atoms with Crippen molar-refractivity contribution in [2.45, 2.75) is 19.4 Å². The van der Waals surface area contributed by atoms with Gasteiger partial charge in [0.25, 0.3) is 0 Å². The first-order valence-electron chi connectivity index (χ1n) is 5.22. The molecule has 0 aliphatic rings. The molecule has 2 aromatic rings. The van der Waals surface area contributed by atoms with E-state index in [9.17, 15) is 0 Å². The lowest BCUT2D eigenvalue weighted by atomic mass is 10.2. The lowest BCUT2D eigenvalue weighted by Gasteiger charge is -1.93. The third kappa shape index (κ3) is 2.63. The van der Waals surface area contributed by atoms with Gasteiger partial charge in [-0.25, -0.2) is 4.68 Å². The summed E-state index contributed by atoms with van der Waals surface area (Å²) >= 11 is 0. The minimum Gasteiger partial charge on any atom is -0.330 e. The Bertz CT molecular complexity index is 444. The molecule has 0 saturated heterocycles. The standard InChI is InChI=1S/C9H15N7/c1-15-5-9(12-13-15)7-16-6-8(11-14-16)3-2-4-10/h5-6H,2-4,7,10H2,1H3. The molecule has 0 aromatic carbocycles. The summed E-state index contributed by atoms with van der Waals surface area (Å²) < 4.78 is 3.43. The zero-order valence-electron chi connectivity index (χ0n) is 9.24. The molecule has 0 saturated carbocycles. The normalized spacial score (nSPS) is 10.9. The lowest BCUT2D eigenvalue weighted by Crippen LogP contribution is -2.01. The third-order valence-electron chi connectivity index (χ3n) is 2.20. The van der Waals surface area contributed by atoms with Crippen molar-refractivity contribution < 1.29 is 0 Å². The number of nitrogens with zero attached hydrogens (tertiary/aromatic N) is 6. The SMILES string of the molecule is Cn1cc(Cn2cc(CCCN)nn2)nn1. The third-order valence-corrected chi connectivity index (χ3v) is 2.20. The fourth-order valence-electron chi connectivity index (χ4n) is 1.45. The molecule has 0 fully saturated rings. The number of nitrogens with two attached hydrogens (primary N) is 1. The predicted molar refractivity (Wildman–Crippen MR) is 57.5 cm³/mol. The van der Waals surface area contributed by atoms with Crippen molar-refractivity contribution >= 4 is 0 Å². The molecule has 0 atom stereocenters. The molecule has 2 N–H and O–H groups in total. The zero-order chi connectivity index (χ0) is 11.4. The molecule has 7 nitrogen and oxygen atoms in total. The van der Waals surface area contributed by atoms with Crippen LogP contribution in [-0.4, -0.2) is 36.5 Å². The van der Waals surface area contributed by atoms with Gasteiger partial charge in [0.2, 0.25) is 0 Å². The largest absolute Gasteiger partial charge is 0.330 e. The maximum absolute atomic E-state index is 5.43. The molecular formula is C9H15N7. The van der Waals surface area contributed by atoms with Gasteiger partial charge in [0.1, 0.15) is 5.69 Å². The molecule has 7 heteroatoms. The van der Waals surface area contributed by atoms with Gasteiger partial charge >= 0.3 is 0 Å². The quantitative estimate of drug-likeness (QED) is 0.724. The van der Waals surface area contributed by atoms with Crippen LogP contribution in [0.1, 0.15) is 17.8 Å². The molecule has 0 radical (unpaired) electrons. The van der Waals surface area contributed by atoms with E-state index < -0.39 is 0 Å². The molecule has 86 valence electrons. The van der Waals surface area contributed by atoms with Crippen LogP contribution in [0, 0.1) is 0 Å². The van der Waals surface area contributed by atoms with E-state index in [1.54, 1.807) is 9.36 Å². The highest BCUT2D eigenvalue weighted by atomic mass is 15.4. The van der Waals surface area contributed by atoms with Crippen molar-refractivity contribution in [3.05, 3.63) is 23.8 Å². The maximum Gasteiger partial charge on any atom is 0.104 e. The summed E-state index contributed by atoms with van der Waals surface area (Å²) in [6, 6.07) is 0. The van der Waals surface area contributed by atoms with E-state index in [1.807, 2.05) is 19.4 Å². The highest BCUT2D eigenvalue weighted by Gasteiger charge is 2.03. The van der Waals surface area contributed by atoms with Gasteiger partial charge in [-0.1, -0.05) is 10.4 Å². The molecule has 2 rings (SSSR count). The molecule has 0 spiro atoms. The first kappa shape index (κ1) is 10.7. The Morgan fingerprint density at radius 3 is 2.69 bits per heavy atom. The van der Waals surface area contributed by atoms with E-state index in [0.717, 1.165) is 24.2 Å². The molecule has 0 aliphatic carbocycles. The van der Waals surface area contributed by atoms with Crippen LogP contribution in [0.3, 0.4) is 0 Å². The Hall–Kier alpha value is -1.76. The van der Waals surface area contributed by atoms with Crippen molar-refractivity contribution in [1.82, 2.24) is 30.0 Å². The van der Waals surface area contributed by atoms with E-state index in [0.29, 0.717) is 13.1 Å². The highest BCUT2D eigenvalue weighted by Crippen LogP contribution is 2.00. The van der Waals surface area contributed by atoms with Gasteiger partial charge in [-0.2, -0.15) is 0 Å². The van der Waals surface area contributed by atoms with Crippen molar-refractivity contribution in [2.75, 3.05) is 6.54 Å². The number of hydrogen-bond donors (Lipinski definition) is 1. The van der Waals surface area contributed by atoms with E-state index >= 15 is 0 Å². The van der Waals surface area contributed by atoms with E-state index in [2.05, 4.69) is 20.6 Å². The van der Waals surface area contributed by atoms with Crippen LogP contribution < -0.4 is 5.73 Å². The zero-order valence-corrected chi connectivity index (χ0v) is 9.24. The summed E-state index contributed by atoms with van der Waals surface area (Å²) in [5, 5.41) is 15.9. The number of hydrogen-bond acceptors (Lipinski definition) is 5. The second-order valence-electron chi connectivity index (χ2n) is 3.68. The summed E-state index contributed by atoms with van der Waals surface area (Å²) in [5.41, 5.74) is 7.27. The summed E-state index contributed by atoms with van der Waals surface area (Å²) in [4.78, 5) is 0. The second kappa shape index (κ2) is 4.84. The van der Waals surface area contributed by atoms with Gasteiger partial charge in [0.15, 0.2) is 0 Å². The summed E-state index contributed by atoms with van der Waals surface area (Å²) in [6.45, 7) is 1.28. The van der Waals surface area contributed by atoms with Crippen molar-refractivity contribution in [2.24, 2.45) is 12.8 Å². The van der Waals surface area contributed by atoms with E-state index in [4.69, 9.17) is 5.73 Å². The summed E-state index contributed by atoms with van der Waals surface area (Å²) in [5.74, 6) is 0. The Balaban J connectivity index is 1.97. The van der Waals surface area contributed by atoms with Gasteiger partial charge < -0.3 is 5.73 Å². The first-order chi connectivity index (χ1) is 7.78. The maximum atomic E-state index is 5.43. The Kier molecular flexibility index (Phi) is 3.25. The number of aromatic nitrogens is 6. The van der Waals surface area contributed by atoms with Crippen LogP contribution >= 0.6 is 0 Å². The summed E-state index contributed by atoms with van der Waals surface area (Å²) in [7, 11) is 1.84. The second-order valence-corrected chi connectivity index (χ2v) is 3.68. The van der Waals surface area contributed by atoms with Gasteiger partial charge in [0, 0.05) is 19.4 Å². The average Bonchev–Trinajstić information content (AvgIpc) is 2.86. The van der Waals surface area contributed by atoms with Crippen LogP contribution in [0.5, 0.6) is 0 Å². The minimum absolute atomic E-state index is 0.601. The fourth-order valence-corrected chi connectivity index (χ4v) is 1.45. The van der Waals surface area contributed by atoms with Crippen LogP contribution in [-0.2, 0) is 20.0 Å². The molecule has 0 unspecified atom stereocenters. The molecule has 2 aromatic heterocycles.